The van der Waals surface area contributed by atoms with Gasteiger partial charge in [0, 0.05) is 24.7 Å². The number of alkyl halides is 3. The summed E-state index contributed by atoms with van der Waals surface area (Å²) in [7, 11) is 0. The van der Waals surface area contributed by atoms with Crippen molar-refractivity contribution in [3.8, 4) is 0 Å². The molecular formula is C23H16ClF4N3O. The average Bonchev–Trinajstić information content (AvgIpc) is 3.16. The molecule has 0 saturated heterocycles. The summed E-state index contributed by atoms with van der Waals surface area (Å²) < 4.78 is 55.5. The van der Waals surface area contributed by atoms with E-state index in [1.165, 1.54) is 36.5 Å². The Labute approximate surface area is 185 Å². The Kier molecular flexibility index (Phi) is 5.88. The summed E-state index contributed by atoms with van der Waals surface area (Å²) in [5, 5.41) is 2.88. The van der Waals surface area contributed by atoms with Gasteiger partial charge in [-0.05, 0) is 35.9 Å². The maximum Gasteiger partial charge on any atom is 0.416 e. The van der Waals surface area contributed by atoms with Crippen LogP contribution in [0, 0.1) is 5.82 Å². The third kappa shape index (κ3) is 4.60. The van der Waals surface area contributed by atoms with Crippen molar-refractivity contribution in [2.45, 2.75) is 18.5 Å². The standard InChI is InChI=1S/C23H16ClF4N3O/c24-16-8-9-21-29-12-20(31(21)13-16)17(14-4-3-5-15(10-14)23(26,27)28)11-22(32)30-19-7-2-1-6-18(19)25/h1-10,12-13,17H,11H2,(H,30,32). The number of fused-ring (bicyclic) bond motifs is 1. The van der Waals surface area contributed by atoms with Crippen molar-refractivity contribution in [2.24, 2.45) is 0 Å². The Bertz CT molecular complexity index is 1290. The molecule has 0 fully saturated rings. The summed E-state index contributed by atoms with van der Waals surface area (Å²) in [5.74, 6) is -1.97. The average molecular weight is 462 g/mol. The van der Waals surface area contributed by atoms with E-state index < -0.39 is 29.4 Å². The highest BCUT2D eigenvalue weighted by molar-refractivity contribution is 6.30. The van der Waals surface area contributed by atoms with Crippen LogP contribution >= 0.6 is 11.6 Å². The van der Waals surface area contributed by atoms with Gasteiger partial charge in [-0.1, -0.05) is 41.9 Å². The molecule has 0 radical (unpaired) electrons. The van der Waals surface area contributed by atoms with Crippen molar-refractivity contribution in [3.05, 3.63) is 101 Å². The number of halogens is 5. The number of nitrogens with zero attached hydrogens (tertiary/aromatic N) is 2. The molecule has 4 aromatic rings. The zero-order valence-corrected chi connectivity index (χ0v) is 17.2. The number of anilines is 1. The molecule has 4 nitrogen and oxygen atoms in total. The van der Waals surface area contributed by atoms with Crippen LogP contribution in [0.25, 0.3) is 5.65 Å². The lowest BCUT2D eigenvalue weighted by Crippen LogP contribution is -2.18. The van der Waals surface area contributed by atoms with Crippen LogP contribution in [0.1, 0.15) is 29.2 Å². The lowest BCUT2D eigenvalue weighted by molar-refractivity contribution is -0.137. The first-order valence-electron chi connectivity index (χ1n) is 9.56. The van der Waals surface area contributed by atoms with E-state index in [4.69, 9.17) is 11.6 Å². The minimum Gasteiger partial charge on any atom is -0.324 e. The molecular weight excluding hydrogens is 446 g/mol. The van der Waals surface area contributed by atoms with Crippen LogP contribution in [0.15, 0.2) is 73.1 Å². The first-order chi connectivity index (χ1) is 15.2. The molecule has 1 N–H and O–H groups in total. The van der Waals surface area contributed by atoms with Gasteiger partial charge in [0.25, 0.3) is 0 Å². The largest absolute Gasteiger partial charge is 0.416 e. The third-order valence-electron chi connectivity index (χ3n) is 5.01. The van der Waals surface area contributed by atoms with Crippen LogP contribution in [-0.4, -0.2) is 15.3 Å². The van der Waals surface area contributed by atoms with Gasteiger partial charge in [-0.25, -0.2) is 9.37 Å². The summed E-state index contributed by atoms with van der Waals surface area (Å²) in [6.07, 6.45) is -1.71. The van der Waals surface area contributed by atoms with Gasteiger partial charge in [0.1, 0.15) is 11.5 Å². The van der Waals surface area contributed by atoms with E-state index in [1.807, 2.05) is 0 Å². The molecule has 2 heterocycles. The minimum absolute atomic E-state index is 0.0125. The fraction of sp³-hybridized carbons (Fsp3) is 0.130. The number of carbonyl (C=O) groups is 1. The molecule has 9 heteroatoms. The normalized spacial score (nSPS) is 12.7. The zero-order valence-electron chi connectivity index (χ0n) is 16.4. The predicted molar refractivity (Wildman–Crippen MR) is 113 cm³/mol. The van der Waals surface area contributed by atoms with Crippen molar-refractivity contribution in [1.29, 1.82) is 0 Å². The fourth-order valence-electron chi connectivity index (χ4n) is 3.51. The Balaban J connectivity index is 1.75. The summed E-state index contributed by atoms with van der Waals surface area (Å²) in [6.45, 7) is 0. The number of hydrogen-bond acceptors (Lipinski definition) is 2. The summed E-state index contributed by atoms with van der Waals surface area (Å²) in [5.41, 5.74) is 0.425. The number of benzene rings is 2. The molecule has 0 saturated carbocycles. The molecule has 2 aromatic heterocycles. The highest BCUT2D eigenvalue weighted by Gasteiger charge is 2.32. The van der Waals surface area contributed by atoms with Gasteiger partial charge in [-0.2, -0.15) is 13.2 Å². The second-order valence-corrected chi connectivity index (χ2v) is 7.60. The van der Waals surface area contributed by atoms with Crippen LogP contribution < -0.4 is 5.32 Å². The summed E-state index contributed by atoms with van der Waals surface area (Å²) in [4.78, 5) is 17.0. The number of carbonyl (C=O) groups excluding carboxylic acids is 1. The molecule has 1 unspecified atom stereocenters. The van der Waals surface area contributed by atoms with Gasteiger partial charge in [0.2, 0.25) is 5.91 Å². The molecule has 4 rings (SSSR count). The molecule has 0 aliphatic heterocycles. The second kappa shape index (κ2) is 8.63. The van der Waals surface area contributed by atoms with Gasteiger partial charge in [-0.3, -0.25) is 4.79 Å². The Morgan fingerprint density at radius 1 is 1.09 bits per heavy atom. The van der Waals surface area contributed by atoms with E-state index in [0.717, 1.165) is 12.1 Å². The van der Waals surface area contributed by atoms with Crippen LogP contribution in [0.4, 0.5) is 23.2 Å². The van der Waals surface area contributed by atoms with Crippen LogP contribution in [0.2, 0.25) is 5.02 Å². The minimum atomic E-state index is -4.54. The maximum absolute atomic E-state index is 14.0. The van der Waals surface area contributed by atoms with E-state index in [2.05, 4.69) is 10.3 Å². The highest BCUT2D eigenvalue weighted by atomic mass is 35.5. The van der Waals surface area contributed by atoms with Gasteiger partial charge in [-0.15, -0.1) is 0 Å². The third-order valence-corrected chi connectivity index (χ3v) is 5.23. The number of aromatic nitrogens is 2. The quantitative estimate of drug-likeness (QED) is 0.354. The second-order valence-electron chi connectivity index (χ2n) is 7.17. The van der Waals surface area contributed by atoms with Crippen LogP contribution in [-0.2, 0) is 11.0 Å². The zero-order chi connectivity index (χ0) is 22.9. The number of rotatable bonds is 5. The lowest BCUT2D eigenvalue weighted by atomic mass is 9.91. The molecule has 2 aromatic carbocycles. The Morgan fingerprint density at radius 3 is 2.62 bits per heavy atom. The van der Waals surface area contributed by atoms with Crippen molar-refractivity contribution in [3.63, 3.8) is 0 Å². The molecule has 0 aliphatic carbocycles. The molecule has 164 valence electrons. The van der Waals surface area contributed by atoms with E-state index in [-0.39, 0.29) is 17.7 Å². The van der Waals surface area contributed by atoms with Crippen molar-refractivity contribution >= 4 is 28.8 Å². The number of imidazole rings is 1. The number of nitrogens with one attached hydrogen (secondary N) is 1. The summed E-state index contributed by atoms with van der Waals surface area (Å²) in [6, 6.07) is 13.7. The van der Waals surface area contributed by atoms with Crippen molar-refractivity contribution < 1.29 is 22.4 Å². The SMILES string of the molecule is O=C(CC(c1cccc(C(F)(F)F)c1)c1cnc2ccc(Cl)cn12)Nc1ccccc1F. The van der Waals surface area contributed by atoms with Gasteiger partial charge in [0.15, 0.2) is 0 Å². The lowest BCUT2D eigenvalue weighted by Gasteiger charge is -2.19. The number of para-hydroxylation sites is 1. The maximum atomic E-state index is 14.0. The smallest absolute Gasteiger partial charge is 0.324 e. The predicted octanol–water partition coefficient (Wildman–Crippen LogP) is 6.31. The van der Waals surface area contributed by atoms with Crippen LogP contribution in [0.5, 0.6) is 0 Å². The number of hydrogen-bond donors (Lipinski definition) is 1. The van der Waals surface area contributed by atoms with Gasteiger partial charge >= 0.3 is 6.18 Å². The number of amides is 1. The summed E-state index contributed by atoms with van der Waals surface area (Å²) >= 11 is 6.10. The van der Waals surface area contributed by atoms with E-state index in [9.17, 15) is 22.4 Å². The van der Waals surface area contributed by atoms with Crippen molar-refractivity contribution in [1.82, 2.24) is 9.38 Å². The fourth-order valence-corrected chi connectivity index (χ4v) is 3.67. The molecule has 0 bridgehead atoms. The molecule has 0 spiro atoms. The first kappa shape index (κ1) is 21.8. The molecule has 1 amide bonds. The van der Waals surface area contributed by atoms with E-state index >= 15 is 0 Å². The molecule has 0 aliphatic rings. The monoisotopic (exact) mass is 461 g/mol. The van der Waals surface area contributed by atoms with E-state index in [0.29, 0.717) is 16.4 Å². The topological polar surface area (TPSA) is 46.4 Å². The van der Waals surface area contributed by atoms with Gasteiger partial charge in [0.05, 0.1) is 22.0 Å². The number of pyridine rings is 1. The molecule has 1 atom stereocenters. The van der Waals surface area contributed by atoms with E-state index in [1.54, 1.807) is 28.8 Å². The Hall–Kier alpha value is -3.39. The highest BCUT2D eigenvalue weighted by Crippen LogP contribution is 2.35. The Morgan fingerprint density at radius 2 is 1.88 bits per heavy atom. The van der Waals surface area contributed by atoms with Crippen LogP contribution in [0.3, 0.4) is 0 Å². The molecule has 32 heavy (non-hydrogen) atoms. The van der Waals surface area contributed by atoms with Gasteiger partial charge < -0.3 is 9.72 Å². The van der Waals surface area contributed by atoms with Crippen molar-refractivity contribution in [2.75, 3.05) is 5.32 Å². The first-order valence-corrected chi connectivity index (χ1v) is 9.94.